The molecule has 0 spiro atoms. The van der Waals surface area contributed by atoms with Gasteiger partial charge in [-0.25, -0.2) is 4.98 Å². The van der Waals surface area contributed by atoms with Crippen molar-refractivity contribution in [1.82, 2.24) is 10.3 Å². The number of anilines is 1. The number of allylic oxidation sites excluding steroid dienone is 1. The summed E-state index contributed by atoms with van der Waals surface area (Å²) in [5.74, 6) is 0.956. The van der Waals surface area contributed by atoms with Gasteiger partial charge in [0.1, 0.15) is 11.5 Å². The van der Waals surface area contributed by atoms with Crippen molar-refractivity contribution in [3.8, 4) is 11.5 Å². The maximum Gasteiger partial charge on any atom is 0.228 e. The number of rotatable bonds is 8. The number of hydrogen-bond acceptors (Lipinski definition) is 4. The first-order chi connectivity index (χ1) is 16.1. The van der Waals surface area contributed by atoms with Gasteiger partial charge in [-0.05, 0) is 50.3 Å². The Hall–Kier alpha value is -3.67. The van der Waals surface area contributed by atoms with E-state index in [-0.39, 0.29) is 18.2 Å². The number of aromatic nitrogens is 1. The highest BCUT2D eigenvalue weighted by molar-refractivity contribution is 5.95. The van der Waals surface area contributed by atoms with Gasteiger partial charge in [-0.2, -0.15) is 0 Å². The molecule has 1 aliphatic rings. The molecule has 3 aromatic rings. The van der Waals surface area contributed by atoms with Gasteiger partial charge in [0.05, 0.1) is 24.2 Å². The molecule has 0 bridgehead atoms. The van der Waals surface area contributed by atoms with Crippen LogP contribution in [-0.4, -0.2) is 16.8 Å². The van der Waals surface area contributed by atoms with Crippen molar-refractivity contribution in [3.63, 3.8) is 0 Å². The van der Waals surface area contributed by atoms with E-state index in [2.05, 4.69) is 21.7 Å². The molecule has 0 atom stereocenters. The van der Waals surface area contributed by atoms with Gasteiger partial charge in [-0.1, -0.05) is 54.1 Å². The second-order valence-electron chi connectivity index (χ2n) is 8.34. The van der Waals surface area contributed by atoms with E-state index in [0.717, 1.165) is 24.8 Å². The Bertz CT molecular complexity index is 1150. The lowest BCUT2D eigenvalue weighted by Gasteiger charge is -2.12. The first-order valence-corrected chi connectivity index (χ1v) is 11.4. The van der Waals surface area contributed by atoms with Crippen molar-refractivity contribution >= 4 is 17.5 Å². The molecule has 33 heavy (non-hydrogen) atoms. The number of carbonyl (C=O) groups is 2. The van der Waals surface area contributed by atoms with Crippen molar-refractivity contribution in [2.24, 2.45) is 0 Å². The fourth-order valence-electron chi connectivity index (χ4n) is 3.98. The van der Waals surface area contributed by atoms with Gasteiger partial charge < -0.3 is 15.1 Å². The summed E-state index contributed by atoms with van der Waals surface area (Å²) in [6.45, 7) is 2.14. The largest absolute Gasteiger partial charge is 0.441 e. The second-order valence-corrected chi connectivity index (χ2v) is 8.34. The van der Waals surface area contributed by atoms with Gasteiger partial charge in [-0.3, -0.25) is 9.59 Å². The lowest BCUT2D eigenvalue weighted by molar-refractivity contribution is -0.120. The van der Waals surface area contributed by atoms with Crippen molar-refractivity contribution in [1.29, 1.82) is 0 Å². The van der Waals surface area contributed by atoms with Crippen LogP contribution in [0.1, 0.15) is 49.1 Å². The molecule has 6 heteroatoms. The molecule has 1 heterocycles. The summed E-state index contributed by atoms with van der Waals surface area (Å²) in [6, 6.07) is 17.0. The minimum Gasteiger partial charge on any atom is -0.441 e. The maximum absolute atomic E-state index is 12.6. The average Bonchev–Trinajstić information content (AvgIpc) is 3.19. The van der Waals surface area contributed by atoms with Crippen LogP contribution < -0.4 is 10.6 Å². The summed E-state index contributed by atoms with van der Waals surface area (Å²) in [4.78, 5) is 29.5. The van der Waals surface area contributed by atoms with Crippen LogP contribution in [0.5, 0.6) is 0 Å². The number of nitrogens with one attached hydrogen (secondary N) is 2. The Labute approximate surface area is 194 Å². The third-order valence-corrected chi connectivity index (χ3v) is 5.76. The molecule has 2 amide bonds. The Morgan fingerprint density at radius 2 is 1.76 bits per heavy atom. The summed E-state index contributed by atoms with van der Waals surface area (Å²) < 4.78 is 5.90. The SMILES string of the molecule is Cc1oc(-c2ccccc2NC(=O)Cc2ccccc2)nc1CNC(=O)CC1=CCCCC1. The van der Waals surface area contributed by atoms with Crippen LogP contribution in [0, 0.1) is 6.92 Å². The van der Waals surface area contributed by atoms with Gasteiger partial charge in [0, 0.05) is 6.42 Å². The Balaban J connectivity index is 1.41. The third-order valence-electron chi connectivity index (χ3n) is 5.76. The zero-order valence-electron chi connectivity index (χ0n) is 18.9. The van der Waals surface area contributed by atoms with Crippen molar-refractivity contribution in [2.75, 3.05) is 5.32 Å². The number of aryl methyl sites for hydroxylation is 1. The molecule has 6 nitrogen and oxygen atoms in total. The van der Waals surface area contributed by atoms with E-state index in [1.54, 1.807) is 0 Å². The van der Waals surface area contributed by atoms with Crippen molar-refractivity contribution < 1.29 is 14.0 Å². The van der Waals surface area contributed by atoms with E-state index in [1.165, 1.54) is 12.0 Å². The molecule has 170 valence electrons. The maximum atomic E-state index is 12.6. The van der Waals surface area contributed by atoms with E-state index in [0.29, 0.717) is 41.6 Å². The molecule has 0 aliphatic heterocycles. The molecule has 4 rings (SSSR count). The topological polar surface area (TPSA) is 84.2 Å². The number of carbonyl (C=O) groups excluding carboxylic acids is 2. The quantitative estimate of drug-likeness (QED) is 0.461. The summed E-state index contributed by atoms with van der Waals surface area (Å²) in [5.41, 5.74) is 4.19. The fraction of sp³-hybridized carbons (Fsp3) is 0.296. The predicted octanol–water partition coefficient (Wildman–Crippen LogP) is 5.34. The highest BCUT2D eigenvalue weighted by Crippen LogP contribution is 2.29. The van der Waals surface area contributed by atoms with E-state index < -0.39 is 0 Å². The van der Waals surface area contributed by atoms with Crippen LogP contribution in [0.2, 0.25) is 0 Å². The molecule has 1 aliphatic carbocycles. The van der Waals surface area contributed by atoms with E-state index in [9.17, 15) is 9.59 Å². The summed E-state index contributed by atoms with van der Waals surface area (Å²) in [5, 5.41) is 5.92. The minimum atomic E-state index is -0.110. The molecule has 0 radical (unpaired) electrons. The normalized spacial score (nSPS) is 13.3. The molecular weight excluding hydrogens is 414 g/mol. The van der Waals surface area contributed by atoms with Gasteiger partial charge in [-0.15, -0.1) is 0 Å². The van der Waals surface area contributed by atoms with Gasteiger partial charge in [0.15, 0.2) is 0 Å². The fourth-order valence-corrected chi connectivity index (χ4v) is 3.98. The van der Waals surface area contributed by atoms with Crippen molar-refractivity contribution in [3.05, 3.63) is 83.3 Å². The molecule has 0 fully saturated rings. The van der Waals surface area contributed by atoms with Crippen molar-refractivity contribution in [2.45, 2.75) is 52.0 Å². The molecular formula is C27H29N3O3. The summed E-state index contributed by atoms with van der Waals surface area (Å²) in [7, 11) is 0. The van der Waals surface area contributed by atoms with Gasteiger partial charge in [0.2, 0.25) is 17.7 Å². The van der Waals surface area contributed by atoms with Crippen LogP contribution in [0.3, 0.4) is 0 Å². The number of nitrogens with zero attached hydrogens (tertiary/aromatic N) is 1. The monoisotopic (exact) mass is 443 g/mol. The van der Waals surface area contributed by atoms with E-state index in [4.69, 9.17) is 4.42 Å². The number of para-hydroxylation sites is 1. The van der Waals surface area contributed by atoms with Crippen LogP contribution in [0.4, 0.5) is 5.69 Å². The zero-order valence-corrected chi connectivity index (χ0v) is 18.9. The standard InChI is InChI=1S/C27H29N3O3/c1-19-24(18-28-25(31)16-20-10-4-2-5-11-20)30-27(33-19)22-14-8-9-15-23(22)29-26(32)17-21-12-6-3-7-13-21/h3,6-10,12-15H,2,4-5,11,16-18H2,1H3,(H,28,31)(H,29,32). The first-order valence-electron chi connectivity index (χ1n) is 11.4. The van der Waals surface area contributed by atoms with Crippen LogP contribution in [0.25, 0.3) is 11.5 Å². The van der Waals surface area contributed by atoms with Crippen LogP contribution in [0.15, 0.2) is 70.7 Å². The number of hydrogen-bond donors (Lipinski definition) is 2. The molecule has 1 aromatic heterocycles. The van der Waals surface area contributed by atoms with Gasteiger partial charge in [0.25, 0.3) is 0 Å². The average molecular weight is 444 g/mol. The highest BCUT2D eigenvalue weighted by Gasteiger charge is 2.17. The molecule has 0 unspecified atom stereocenters. The highest BCUT2D eigenvalue weighted by atomic mass is 16.4. The predicted molar refractivity (Wildman–Crippen MR) is 128 cm³/mol. The summed E-state index contributed by atoms with van der Waals surface area (Å²) in [6.07, 6.45) is 7.36. The smallest absolute Gasteiger partial charge is 0.228 e. The molecule has 0 saturated heterocycles. The Morgan fingerprint density at radius 1 is 0.970 bits per heavy atom. The number of oxazole rings is 1. The van der Waals surface area contributed by atoms with Gasteiger partial charge >= 0.3 is 0 Å². The van der Waals surface area contributed by atoms with Crippen LogP contribution >= 0.6 is 0 Å². The lowest BCUT2D eigenvalue weighted by Crippen LogP contribution is -2.23. The summed E-state index contributed by atoms with van der Waals surface area (Å²) >= 11 is 0. The number of amides is 2. The lowest BCUT2D eigenvalue weighted by atomic mass is 9.97. The Kier molecular flexibility index (Phi) is 7.35. The van der Waals surface area contributed by atoms with Crippen LogP contribution in [-0.2, 0) is 22.6 Å². The zero-order chi connectivity index (χ0) is 23.0. The second kappa shape index (κ2) is 10.8. The first kappa shape index (κ1) is 22.5. The number of benzene rings is 2. The molecule has 0 saturated carbocycles. The molecule has 2 aromatic carbocycles. The third kappa shape index (κ3) is 6.19. The van der Waals surface area contributed by atoms with E-state index >= 15 is 0 Å². The van der Waals surface area contributed by atoms with E-state index in [1.807, 2.05) is 61.5 Å². The Morgan fingerprint density at radius 3 is 2.55 bits per heavy atom. The minimum absolute atomic E-state index is 0.000625. The molecule has 2 N–H and O–H groups in total.